The minimum atomic E-state index is 0.0260. The molecule has 0 spiro atoms. The lowest BCUT2D eigenvalue weighted by Crippen LogP contribution is -2.36. The van der Waals surface area contributed by atoms with E-state index >= 15 is 0 Å². The maximum Gasteiger partial charge on any atom is 0.217 e. The SMILES string of the molecule is CC(=O)NC1CCN(c2nc(C)ccc2CN)C1. The summed E-state index contributed by atoms with van der Waals surface area (Å²) in [4.78, 5) is 17.8. The molecule has 0 aromatic carbocycles. The molecular formula is C13H20N4O. The number of hydrogen-bond donors (Lipinski definition) is 2. The molecule has 1 aromatic rings. The molecule has 98 valence electrons. The van der Waals surface area contributed by atoms with E-state index in [0.717, 1.165) is 36.6 Å². The lowest BCUT2D eigenvalue weighted by atomic mass is 10.2. The zero-order valence-electron chi connectivity index (χ0n) is 10.9. The predicted molar refractivity (Wildman–Crippen MR) is 71.3 cm³/mol. The molecule has 1 fully saturated rings. The molecule has 1 aliphatic rings. The van der Waals surface area contributed by atoms with Crippen LogP contribution in [0.15, 0.2) is 12.1 Å². The van der Waals surface area contributed by atoms with Crippen molar-refractivity contribution in [3.63, 3.8) is 0 Å². The van der Waals surface area contributed by atoms with E-state index in [0.29, 0.717) is 6.54 Å². The van der Waals surface area contributed by atoms with Crippen LogP contribution in [0.3, 0.4) is 0 Å². The van der Waals surface area contributed by atoms with E-state index in [-0.39, 0.29) is 11.9 Å². The van der Waals surface area contributed by atoms with Crippen molar-refractivity contribution in [2.75, 3.05) is 18.0 Å². The number of carbonyl (C=O) groups excluding carboxylic acids is 1. The standard InChI is InChI=1S/C13H20N4O/c1-9-3-4-11(7-14)13(15-9)17-6-5-12(8-17)16-10(2)18/h3-4,12H,5-8,14H2,1-2H3,(H,16,18). The first-order valence-electron chi connectivity index (χ1n) is 6.29. The van der Waals surface area contributed by atoms with Crippen LogP contribution >= 0.6 is 0 Å². The summed E-state index contributed by atoms with van der Waals surface area (Å²) in [5.74, 6) is 0.989. The topological polar surface area (TPSA) is 71.2 Å². The van der Waals surface area contributed by atoms with Gasteiger partial charge in [-0.1, -0.05) is 6.07 Å². The van der Waals surface area contributed by atoms with Crippen LogP contribution in [0.1, 0.15) is 24.6 Å². The van der Waals surface area contributed by atoms with Gasteiger partial charge in [-0.25, -0.2) is 4.98 Å². The molecule has 0 radical (unpaired) electrons. The van der Waals surface area contributed by atoms with Crippen molar-refractivity contribution in [1.29, 1.82) is 0 Å². The van der Waals surface area contributed by atoms with Crippen LogP contribution in [0.5, 0.6) is 0 Å². The van der Waals surface area contributed by atoms with Crippen LogP contribution < -0.4 is 16.0 Å². The van der Waals surface area contributed by atoms with Crippen LogP contribution in [-0.4, -0.2) is 30.0 Å². The van der Waals surface area contributed by atoms with E-state index in [1.165, 1.54) is 0 Å². The van der Waals surface area contributed by atoms with E-state index in [1.807, 2.05) is 19.1 Å². The van der Waals surface area contributed by atoms with Gasteiger partial charge >= 0.3 is 0 Å². The third kappa shape index (κ3) is 2.79. The summed E-state index contributed by atoms with van der Waals surface area (Å²) in [6.45, 7) is 5.74. The minimum Gasteiger partial charge on any atom is -0.354 e. The van der Waals surface area contributed by atoms with E-state index in [9.17, 15) is 4.79 Å². The Balaban J connectivity index is 2.13. The Morgan fingerprint density at radius 2 is 2.39 bits per heavy atom. The highest BCUT2D eigenvalue weighted by Crippen LogP contribution is 2.22. The lowest BCUT2D eigenvalue weighted by molar-refractivity contribution is -0.119. The fraction of sp³-hybridized carbons (Fsp3) is 0.538. The molecule has 2 heterocycles. The van der Waals surface area contributed by atoms with Gasteiger partial charge in [-0.05, 0) is 19.4 Å². The number of pyridine rings is 1. The van der Waals surface area contributed by atoms with Gasteiger partial charge < -0.3 is 16.0 Å². The number of anilines is 1. The molecule has 2 rings (SSSR count). The summed E-state index contributed by atoms with van der Waals surface area (Å²) in [6.07, 6.45) is 0.958. The summed E-state index contributed by atoms with van der Waals surface area (Å²) in [5, 5.41) is 2.95. The third-order valence-electron chi connectivity index (χ3n) is 3.21. The van der Waals surface area contributed by atoms with E-state index < -0.39 is 0 Å². The summed E-state index contributed by atoms with van der Waals surface area (Å²) < 4.78 is 0. The molecule has 1 unspecified atom stereocenters. The second-order valence-electron chi connectivity index (χ2n) is 4.77. The molecular weight excluding hydrogens is 228 g/mol. The van der Waals surface area contributed by atoms with Gasteiger partial charge in [0.1, 0.15) is 5.82 Å². The second-order valence-corrected chi connectivity index (χ2v) is 4.77. The summed E-state index contributed by atoms with van der Waals surface area (Å²) in [7, 11) is 0. The van der Waals surface area contributed by atoms with E-state index in [1.54, 1.807) is 6.92 Å². The van der Waals surface area contributed by atoms with Crippen LogP contribution in [0.4, 0.5) is 5.82 Å². The molecule has 1 amide bonds. The summed E-state index contributed by atoms with van der Waals surface area (Å²) in [6, 6.07) is 4.23. The van der Waals surface area contributed by atoms with Gasteiger partial charge in [-0.3, -0.25) is 4.79 Å². The smallest absolute Gasteiger partial charge is 0.217 e. The highest BCUT2D eigenvalue weighted by atomic mass is 16.1. The fourth-order valence-electron chi connectivity index (χ4n) is 2.36. The molecule has 1 atom stereocenters. The Bertz CT molecular complexity index is 447. The Morgan fingerprint density at radius 1 is 1.61 bits per heavy atom. The van der Waals surface area contributed by atoms with Crippen molar-refractivity contribution in [1.82, 2.24) is 10.3 Å². The normalized spacial score (nSPS) is 19.1. The van der Waals surface area contributed by atoms with Crippen molar-refractivity contribution in [2.45, 2.75) is 32.9 Å². The Labute approximate surface area is 107 Å². The predicted octanol–water partition coefficient (Wildman–Crippen LogP) is 0.564. The number of amides is 1. The maximum atomic E-state index is 11.1. The fourth-order valence-corrected chi connectivity index (χ4v) is 2.36. The Morgan fingerprint density at radius 3 is 3.06 bits per heavy atom. The quantitative estimate of drug-likeness (QED) is 0.820. The van der Waals surface area contributed by atoms with Gasteiger partial charge in [0.2, 0.25) is 5.91 Å². The molecule has 0 saturated carbocycles. The van der Waals surface area contributed by atoms with Crippen LogP contribution in [0.25, 0.3) is 0 Å². The van der Waals surface area contributed by atoms with Crippen molar-refractivity contribution in [3.8, 4) is 0 Å². The second kappa shape index (κ2) is 5.35. The number of nitrogens with one attached hydrogen (secondary N) is 1. The van der Waals surface area contributed by atoms with Crippen molar-refractivity contribution >= 4 is 11.7 Å². The van der Waals surface area contributed by atoms with Crippen LogP contribution in [-0.2, 0) is 11.3 Å². The lowest BCUT2D eigenvalue weighted by Gasteiger charge is -2.21. The first kappa shape index (κ1) is 12.8. The first-order valence-corrected chi connectivity index (χ1v) is 6.29. The number of nitrogens with two attached hydrogens (primary N) is 1. The van der Waals surface area contributed by atoms with Crippen LogP contribution in [0, 0.1) is 6.92 Å². The van der Waals surface area contributed by atoms with Gasteiger partial charge in [-0.2, -0.15) is 0 Å². The molecule has 1 aromatic heterocycles. The van der Waals surface area contributed by atoms with Gasteiger partial charge in [0, 0.05) is 43.9 Å². The zero-order chi connectivity index (χ0) is 13.1. The molecule has 5 heteroatoms. The largest absolute Gasteiger partial charge is 0.354 e. The number of hydrogen-bond acceptors (Lipinski definition) is 4. The van der Waals surface area contributed by atoms with E-state index in [4.69, 9.17) is 5.73 Å². The molecule has 1 aliphatic heterocycles. The number of aryl methyl sites for hydroxylation is 1. The molecule has 3 N–H and O–H groups in total. The Hall–Kier alpha value is -1.62. The number of rotatable bonds is 3. The van der Waals surface area contributed by atoms with Gasteiger partial charge in [-0.15, -0.1) is 0 Å². The monoisotopic (exact) mass is 248 g/mol. The molecule has 18 heavy (non-hydrogen) atoms. The van der Waals surface area contributed by atoms with Crippen molar-refractivity contribution < 1.29 is 4.79 Å². The third-order valence-corrected chi connectivity index (χ3v) is 3.21. The Kier molecular flexibility index (Phi) is 3.81. The average Bonchev–Trinajstić information content (AvgIpc) is 2.76. The number of carbonyl (C=O) groups is 1. The number of nitrogens with zero attached hydrogens (tertiary/aromatic N) is 2. The van der Waals surface area contributed by atoms with Gasteiger partial charge in [0.15, 0.2) is 0 Å². The van der Waals surface area contributed by atoms with Crippen LogP contribution in [0.2, 0.25) is 0 Å². The minimum absolute atomic E-state index is 0.0260. The highest BCUT2D eigenvalue weighted by Gasteiger charge is 2.25. The number of aromatic nitrogens is 1. The molecule has 5 nitrogen and oxygen atoms in total. The first-order chi connectivity index (χ1) is 8.60. The van der Waals surface area contributed by atoms with Gasteiger partial charge in [0.25, 0.3) is 0 Å². The summed E-state index contributed by atoms with van der Waals surface area (Å²) in [5.41, 5.74) is 7.80. The van der Waals surface area contributed by atoms with Crippen molar-refractivity contribution in [2.24, 2.45) is 5.73 Å². The van der Waals surface area contributed by atoms with E-state index in [2.05, 4.69) is 15.2 Å². The molecule has 1 saturated heterocycles. The zero-order valence-corrected chi connectivity index (χ0v) is 10.9. The average molecular weight is 248 g/mol. The van der Waals surface area contributed by atoms with Crippen molar-refractivity contribution in [3.05, 3.63) is 23.4 Å². The summed E-state index contributed by atoms with van der Waals surface area (Å²) >= 11 is 0. The molecule has 0 aliphatic carbocycles. The maximum absolute atomic E-state index is 11.1. The molecule has 0 bridgehead atoms. The van der Waals surface area contributed by atoms with Gasteiger partial charge in [0.05, 0.1) is 0 Å². The highest BCUT2D eigenvalue weighted by molar-refractivity contribution is 5.73.